The van der Waals surface area contributed by atoms with Crippen LogP contribution in [0.2, 0.25) is 0 Å². The summed E-state index contributed by atoms with van der Waals surface area (Å²) in [5, 5.41) is 8.08. The predicted molar refractivity (Wildman–Crippen MR) is 140 cm³/mol. The lowest BCUT2D eigenvalue weighted by Gasteiger charge is -2.08. The normalized spacial score (nSPS) is 10.4. The number of nitrogens with zero attached hydrogens (tertiary/aromatic N) is 1. The highest BCUT2D eigenvalue weighted by atomic mass is 32.2. The van der Waals surface area contributed by atoms with Gasteiger partial charge in [-0.15, -0.1) is 23.1 Å². The van der Waals surface area contributed by atoms with Gasteiger partial charge < -0.3 is 20.1 Å². The van der Waals surface area contributed by atoms with Gasteiger partial charge in [-0.05, 0) is 48.5 Å². The molecule has 0 saturated carbocycles. The first-order valence-corrected chi connectivity index (χ1v) is 12.6. The van der Waals surface area contributed by atoms with Gasteiger partial charge in [0.05, 0.1) is 18.6 Å². The molecule has 2 N–H and O–H groups in total. The van der Waals surface area contributed by atoms with Crippen LogP contribution in [0.3, 0.4) is 0 Å². The van der Waals surface area contributed by atoms with Gasteiger partial charge in [0.1, 0.15) is 11.5 Å². The number of carbonyl (C=O) groups is 2. The molecule has 35 heavy (non-hydrogen) atoms. The van der Waals surface area contributed by atoms with E-state index in [4.69, 9.17) is 9.47 Å². The summed E-state index contributed by atoms with van der Waals surface area (Å²) in [6.07, 6.45) is 0. The third kappa shape index (κ3) is 7.33. The zero-order valence-corrected chi connectivity index (χ0v) is 20.5. The Hall–Kier alpha value is -3.82. The quantitative estimate of drug-likeness (QED) is 0.274. The van der Waals surface area contributed by atoms with E-state index >= 15 is 0 Å². The van der Waals surface area contributed by atoms with Gasteiger partial charge in [0.25, 0.3) is 5.91 Å². The zero-order chi connectivity index (χ0) is 24.5. The summed E-state index contributed by atoms with van der Waals surface area (Å²) >= 11 is 2.78. The first-order chi connectivity index (χ1) is 17.1. The van der Waals surface area contributed by atoms with Crippen LogP contribution in [0.4, 0.5) is 10.8 Å². The maximum atomic E-state index is 12.4. The lowest BCUT2D eigenvalue weighted by atomic mass is 10.2. The molecule has 0 radical (unpaired) electrons. The van der Waals surface area contributed by atoms with Crippen LogP contribution in [0, 0.1) is 0 Å². The summed E-state index contributed by atoms with van der Waals surface area (Å²) < 4.78 is 10.7. The van der Waals surface area contributed by atoms with Gasteiger partial charge in [0.2, 0.25) is 5.91 Å². The van der Waals surface area contributed by atoms with E-state index < -0.39 is 0 Å². The highest BCUT2D eigenvalue weighted by molar-refractivity contribution is 8.00. The number of hydrogen-bond acceptors (Lipinski definition) is 7. The summed E-state index contributed by atoms with van der Waals surface area (Å²) in [6.45, 7) is -0.0724. The first kappa shape index (κ1) is 24.3. The lowest BCUT2D eigenvalue weighted by molar-refractivity contribution is -0.118. The number of benzene rings is 3. The van der Waals surface area contributed by atoms with Gasteiger partial charge in [0, 0.05) is 21.5 Å². The van der Waals surface area contributed by atoms with Crippen molar-refractivity contribution in [2.24, 2.45) is 0 Å². The van der Waals surface area contributed by atoms with E-state index in [9.17, 15) is 9.59 Å². The van der Waals surface area contributed by atoms with E-state index in [1.54, 1.807) is 31.4 Å². The Bertz CT molecular complexity index is 1280. The van der Waals surface area contributed by atoms with Gasteiger partial charge in [-0.25, -0.2) is 4.98 Å². The molecule has 0 spiro atoms. The molecule has 0 saturated heterocycles. The standard InChI is InChI=1S/C26H23N3O4S2/c1-32-21-9-5-6-18(14-21)23-16-35-26(28-23)29-25(31)17-34-22-12-10-19(11-13-22)27-24(30)15-33-20-7-3-2-4-8-20/h2-14,16H,15,17H2,1H3,(H,27,30)(H,28,29,31). The minimum absolute atomic E-state index is 0.0724. The largest absolute Gasteiger partial charge is 0.497 e. The summed E-state index contributed by atoms with van der Waals surface area (Å²) in [4.78, 5) is 29.9. The molecule has 178 valence electrons. The number of thioether (sulfide) groups is 1. The Kier molecular flexibility index (Phi) is 8.37. The summed E-state index contributed by atoms with van der Waals surface area (Å²) in [5.74, 6) is 1.25. The second-order valence-electron chi connectivity index (χ2n) is 7.28. The van der Waals surface area contributed by atoms with Crippen molar-refractivity contribution in [2.45, 2.75) is 4.90 Å². The number of amides is 2. The summed E-state index contributed by atoms with van der Waals surface area (Å²) in [5.41, 5.74) is 2.37. The molecule has 9 heteroatoms. The van der Waals surface area contributed by atoms with Crippen molar-refractivity contribution in [1.82, 2.24) is 4.98 Å². The fraction of sp³-hybridized carbons (Fsp3) is 0.115. The van der Waals surface area contributed by atoms with E-state index in [0.717, 1.165) is 21.9 Å². The molecular weight excluding hydrogens is 482 g/mol. The number of anilines is 2. The van der Waals surface area contributed by atoms with Crippen molar-refractivity contribution in [2.75, 3.05) is 30.1 Å². The molecule has 0 aliphatic carbocycles. The maximum Gasteiger partial charge on any atom is 0.262 e. The van der Waals surface area contributed by atoms with Crippen molar-refractivity contribution in [3.63, 3.8) is 0 Å². The number of ether oxygens (including phenoxy) is 2. The molecule has 1 aromatic heterocycles. The number of methoxy groups -OCH3 is 1. The fourth-order valence-corrected chi connectivity index (χ4v) is 4.48. The van der Waals surface area contributed by atoms with Crippen molar-refractivity contribution in [1.29, 1.82) is 0 Å². The van der Waals surface area contributed by atoms with Crippen molar-refractivity contribution in [3.8, 4) is 22.8 Å². The van der Waals surface area contributed by atoms with Crippen LogP contribution in [0.1, 0.15) is 0 Å². The second kappa shape index (κ2) is 12.0. The molecule has 0 bridgehead atoms. The van der Waals surface area contributed by atoms with E-state index in [0.29, 0.717) is 16.6 Å². The topological polar surface area (TPSA) is 89.6 Å². The van der Waals surface area contributed by atoms with E-state index in [-0.39, 0.29) is 24.2 Å². The van der Waals surface area contributed by atoms with Gasteiger partial charge in [-0.2, -0.15) is 0 Å². The van der Waals surface area contributed by atoms with Crippen LogP contribution in [-0.2, 0) is 9.59 Å². The number of thiazole rings is 1. The Morgan fingerprint density at radius 1 is 0.914 bits per heavy atom. The summed E-state index contributed by atoms with van der Waals surface area (Å²) in [6, 6.07) is 24.1. The predicted octanol–water partition coefficient (Wildman–Crippen LogP) is 5.57. The Labute approximate surface area is 211 Å². The molecule has 4 rings (SSSR count). The molecule has 4 aromatic rings. The van der Waals surface area contributed by atoms with Crippen LogP contribution in [0.15, 0.2) is 89.1 Å². The lowest BCUT2D eigenvalue weighted by Crippen LogP contribution is -2.20. The monoisotopic (exact) mass is 505 g/mol. The highest BCUT2D eigenvalue weighted by Gasteiger charge is 2.10. The molecule has 0 aliphatic rings. The molecular formula is C26H23N3O4S2. The number of para-hydroxylation sites is 1. The smallest absolute Gasteiger partial charge is 0.262 e. The maximum absolute atomic E-state index is 12.4. The number of nitrogens with one attached hydrogen (secondary N) is 2. The fourth-order valence-electron chi connectivity index (χ4n) is 3.05. The van der Waals surface area contributed by atoms with Gasteiger partial charge in [-0.3, -0.25) is 9.59 Å². The van der Waals surface area contributed by atoms with Crippen LogP contribution in [0.5, 0.6) is 11.5 Å². The van der Waals surface area contributed by atoms with E-state index in [2.05, 4.69) is 15.6 Å². The SMILES string of the molecule is COc1cccc(-c2csc(NC(=O)CSc3ccc(NC(=O)COc4ccccc4)cc3)n2)c1. The molecule has 2 amide bonds. The second-order valence-corrected chi connectivity index (χ2v) is 9.19. The molecule has 0 fully saturated rings. The van der Waals surface area contributed by atoms with E-state index in [1.807, 2.05) is 60.0 Å². The van der Waals surface area contributed by atoms with Gasteiger partial charge in [0.15, 0.2) is 11.7 Å². The van der Waals surface area contributed by atoms with Crippen LogP contribution in [-0.4, -0.2) is 36.3 Å². The van der Waals surface area contributed by atoms with Crippen molar-refractivity contribution >= 4 is 45.7 Å². The third-order valence-electron chi connectivity index (χ3n) is 4.74. The number of aromatic nitrogens is 1. The third-order valence-corrected chi connectivity index (χ3v) is 6.51. The average molecular weight is 506 g/mol. The number of carbonyl (C=O) groups excluding carboxylic acids is 2. The van der Waals surface area contributed by atoms with Gasteiger partial charge >= 0.3 is 0 Å². The molecule has 0 unspecified atom stereocenters. The molecule has 0 atom stereocenters. The molecule has 3 aromatic carbocycles. The Morgan fingerprint density at radius 3 is 2.46 bits per heavy atom. The van der Waals surface area contributed by atoms with Gasteiger partial charge in [-0.1, -0.05) is 30.3 Å². The molecule has 7 nitrogen and oxygen atoms in total. The Morgan fingerprint density at radius 2 is 1.69 bits per heavy atom. The number of rotatable bonds is 10. The average Bonchev–Trinajstić information content (AvgIpc) is 3.36. The number of hydrogen-bond donors (Lipinski definition) is 2. The van der Waals surface area contributed by atoms with Crippen LogP contribution in [0.25, 0.3) is 11.3 Å². The summed E-state index contributed by atoms with van der Waals surface area (Å²) in [7, 11) is 1.62. The van der Waals surface area contributed by atoms with Crippen molar-refractivity contribution in [3.05, 3.63) is 84.2 Å². The minimum atomic E-state index is -0.245. The van der Waals surface area contributed by atoms with E-state index in [1.165, 1.54) is 23.1 Å². The molecule has 1 heterocycles. The first-order valence-electron chi connectivity index (χ1n) is 10.7. The molecule has 0 aliphatic heterocycles. The highest BCUT2D eigenvalue weighted by Crippen LogP contribution is 2.28. The van der Waals surface area contributed by atoms with Crippen LogP contribution < -0.4 is 20.1 Å². The zero-order valence-electron chi connectivity index (χ0n) is 18.9. The minimum Gasteiger partial charge on any atom is -0.497 e. The van der Waals surface area contributed by atoms with Crippen molar-refractivity contribution < 1.29 is 19.1 Å². The van der Waals surface area contributed by atoms with Crippen LogP contribution >= 0.6 is 23.1 Å². The Balaban J connectivity index is 1.22.